The van der Waals surface area contributed by atoms with Gasteiger partial charge in [-0.1, -0.05) is 17.7 Å². The zero-order chi connectivity index (χ0) is 22.4. The number of halogens is 1. The number of carbonyl (C=O) groups excluding carboxylic acids is 2. The first kappa shape index (κ1) is 23.3. The minimum atomic E-state index is -0.538. The molecule has 1 saturated heterocycles. The van der Waals surface area contributed by atoms with Crippen LogP contribution in [0.3, 0.4) is 0 Å². The van der Waals surface area contributed by atoms with E-state index in [-0.39, 0.29) is 11.8 Å². The Labute approximate surface area is 188 Å². The number of aromatic nitrogens is 1. The molecule has 1 aromatic heterocycles. The monoisotopic (exact) mass is 446 g/mol. The number of nitrogens with zero attached hydrogens (tertiary/aromatic N) is 2. The number of piperidine rings is 1. The normalized spacial score (nSPS) is 17.4. The molecule has 0 spiro atoms. The van der Waals surface area contributed by atoms with Crippen molar-refractivity contribution in [2.45, 2.75) is 45.8 Å². The van der Waals surface area contributed by atoms with Crippen molar-refractivity contribution in [3.8, 4) is 0 Å². The van der Waals surface area contributed by atoms with Gasteiger partial charge in [-0.25, -0.2) is 4.79 Å². The molecule has 0 bridgehead atoms. The summed E-state index contributed by atoms with van der Waals surface area (Å²) in [5.41, 5.74) is 1.49. The van der Waals surface area contributed by atoms with E-state index in [4.69, 9.17) is 16.3 Å². The Morgan fingerprint density at radius 3 is 2.77 bits per heavy atom. The summed E-state index contributed by atoms with van der Waals surface area (Å²) >= 11 is 6.31. The average Bonchev–Trinajstić information content (AvgIpc) is 2.72. The highest BCUT2D eigenvalue weighted by Crippen LogP contribution is 2.27. The summed E-state index contributed by atoms with van der Waals surface area (Å²) in [5, 5.41) is 7.23. The lowest BCUT2D eigenvalue weighted by Crippen LogP contribution is -2.44. The predicted octanol–water partition coefficient (Wildman–Crippen LogP) is 3.74. The second-order valence-electron chi connectivity index (χ2n) is 8.90. The molecule has 2 heterocycles. The summed E-state index contributed by atoms with van der Waals surface area (Å²) < 4.78 is 5.19. The van der Waals surface area contributed by atoms with Gasteiger partial charge in [-0.05, 0) is 63.9 Å². The third-order valence-electron chi connectivity index (χ3n) is 5.16. The molecule has 8 heteroatoms. The van der Waals surface area contributed by atoms with Crippen molar-refractivity contribution < 1.29 is 14.3 Å². The van der Waals surface area contributed by atoms with Crippen LogP contribution in [-0.2, 0) is 16.1 Å². The van der Waals surface area contributed by atoms with Gasteiger partial charge in [-0.15, -0.1) is 0 Å². The van der Waals surface area contributed by atoms with Crippen molar-refractivity contribution in [2.75, 3.05) is 26.2 Å². The molecule has 31 heavy (non-hydrogen) atoms. The van der Waals surface area contributed by atoms with Gasteiger partial charge in [0.15, 0.2) is 0 Å². The minimum absolute atomic E-state index is 0.0229. The highest BCUT2D eigenvalue weighted by molar-refractivity contribution is 6.35. The van der Waals surface area contributed by atoms with Crippen LogP contribution >= 0.6 is 11.6 Å². The lowest BCUT2D eigenvalue weighted by molar-refractivity contribution is -0.126. The number of likely N-dealkylation sites (tertiary alicyclic amines) is 1. The molecular formula is C23H31ClN4O3. The number of hydrogen-bond acceptors (Lipinski definition) is 5. The second-order valence-corrected chi connectivity index (χ2v) is 9.31. The molecule has 3 rings (SSSR count). The fourth-order valence-corrected chi connectivity index (χ4v) is 4.00. The van der Waals surface area contributed by atoms with E-state index in [1.165, 1.54) is 0 Å². The van der Waals surface area contributed by atoms with Crippen LogP contribution in [0.1, 0.15) is 39.2 Å². The molecule has 2 amide bonds. The molecule has 0 radical (unpaired) electrons. The Hall–Kier alpha value is -2.38. The Balaban J connectivity index is 1.49. The number of carbonyl (C=O) groups is 2. The quantitative estimate of drug-likeness (QED) is 0.660. The molecule has 168 valence electrons. The van der Waals surface area contributed by atoms with E-state index in [1.54, 1.807) is 6.20 Å². The topological polar surface area (TPSA) is 83.6 Å². The van der Waals surface area contributed by atoms with Crippen LogP contribution in [0.25, 0.3) is 10.9 Å². The standard InChI is InChI=1S/C23H31ClN4O3/c1-23(2,3)31-22(30)27-12-11-26-21(29)17-6-5-13-28(15-17)14-16-8-9-19(24)18-7-4-10-25-20(16)18/h4,7-10,17H,5-6,11-15H2,1-3H3,(H,26,29)(H,27,30). The number of amides is 2. The van der Waals surface area contributed by atoms with Crippen LogP contribution < -0.4 is 10.6 Å². The highest BCUT2D eigenvalue weighted by Gasteiger charge is 2.26. The molecule has 1 aliphatic heterocycles. The third kappa shape index (κ3) is 6.80. The molecule has 0 aliphatic carbocycles. The Bertz CT molecular complexity index is 929. The molecule has 1 aromatic carbocycles. The zero-order valence-electron chi connectivity index (χ0n) is 18.4. The summed E-state index contributed by atoms with van der Waals surface area (Å²) in [5.74, 6) is -0.0448. The summed E-state index contributed by atoms with van der Waals surface area (Å²) in [6.45, 7) is 8.52. The average molecular weight is 447 g/mol. The Morgan fingerprint density at radius 2 is 2.00 bits per heavy atom. The molecule has 7 nitrogen and oxygen atoms in total. The van der Waals surface area contributed by atoms with Gasteiger partial charge < -0.3 is 15.4 Å². The number of nitrogens with one attached hydrogen (secondary N) is 2. The van der Waals surface area contributed by atoms with E-state index in [1.807, 2.05) is 45.0 Å². The maximum atomic E-state index is 12.6. The summed E-state index contributed by atoms with van der Waals surface area (Å²) in [4.78, 5) is 31.1. The largest absolute Gasteiger partial charge is 0.444 e. The van der Waals surface area contributed by atoms with Crippen molar-refractivity contribution in [1.82, 2.24) is 20.5 Å². The summed E-state index contributed by atoms with van der Waals surface area (Å²) in [6.07, 6.45) is 3.13. The lowest BCUT2D eigenvalue weighted by Gasteiger charge is -2.32. The van der Waals surface area contributed by atoms with E-state index in [2.05, 4.69) is 20.5 Å². The summed E-state index contributed by atoms with van der Waals surface area (Å²) in [6, 6.07) is 7.79. The van der Waals surface area contributed by atoms with Crippen LogP contribution in [0, 0.1) is 5.92 Å². The first-order chi connectivity index (χ1) is 14.7. The van der Waals surface area contributed by atoms with Gasteiger partial charge in [0.1, 0.15) is 5.60 Å². The van der Waals surface area contributed by atoms with Crippen molar-refractivity contribution in [1.29, 1.82) is 0 Å². The number of benzene rings is 1. The second kappa shape index (κ2) is 10.3. The number of hydrogen-bond donors (Lipinski definition) is 2. The van der Waals surface area contributed by atoms with Crippen LogP contribution in [0.5, 0.6) is 0 Å². The van der Waals surface area contributed by atoms with E-state index < -0.39 is 11.7 Å². The van der Waals surface area contributed by atoms with E-state index in [0.29, 0.717) is 24.7 Å². The zero-order valence-corrected chi connectivity index (χ0v) is 19.2. The molecule has 2 aromatic rings. The fraction of sp³-hybridized carbons (Fsp3) is 0.522. The fourth-order valence-electron chi connectivity index (χ4n) is 3.79. The van der Waals surface area contributed by atoms with E-state index >= 15 is 0 Å². The van der Waals surface area contributed by atoms with Crippen LogP contribution in [0.4, 0.5) is 4.79 Å². The van der Waals surface area contributed by atoms with Crippen LogP contribution in [0.15, 0.2) is 30.5 Å². The number of pyridine rings is 1. The first-order valence-corrected chi connectivity index (χ1v) is 11.1. The molecule has 1 aliphatic rings. The predicted molar refractivity (Wildman–Crippen MR) is 122 cm³/mol. The Morgan fingerprint density at radius 1 is 1.23 bits per heavy atom. The third-order valence-corrected chi connectivity index (χ3v) is 5.49. The SMILES string of the molecule is CC(C)(C)OC(=O)NCCNC(=O)C1CCCN(Cc2ccc(Cl)c3cccnc23)C1. The lowest BCUT2D eigenvalue weighted by atomic mass is 9.96. The summed E-state index contributed by atoms with van der Waals surface area (Å²) in [7, 11) is 0. The Kier molecular flexibility index (Phi) is 7.73. The highest BCUT2D eigenvalue weighted by atomic mass is 35.5. The van der Waals surface area contributed by atoms with Crippen molar-refractivity contribution in [3.05, 3.63) is 41.0 Å². The van der Waals surface area contributed by atoms with Gasteiger partial charge in [0, 0.05) is 42.8 Å². The molecule has 0 saturated carbocycles. The van der Waals surface area contributed by atoms with Gasteiger partial charge in [-0.2, -0.15) is 0 Å². The van der Waals surface area contributed by atoms with Gasteiger partial charge >= 0.3 is 6.09 Å². The van der Waals surface area contributed by atoms with Gasteiger partial charge in [0.05, 0.1) is 11.4 Å². The maximum absolute atomic E-state index is 12.6. The minimum Gasteiger partial charge on any atom is -0.444 e. The molecule has 1 unspecified atom stereocenters. The molecule has 1 fully saturated rings. The number of rotatable bonds is 6. The number of ether oxygens (including phenoxy) is 1. The van der Waals surface area contributed by atoms with Gasteiger partial charge in [-0.3, -0.25) is 14.7 Å². The molecular weight excluding hydrogens is 416 g/mol. The van der Waals surface area contributed by atoms with Crippen molar-refractivity contribution >= 4 is 34.5 Å². The first-order valence-electron chi connectivity index (χ1n) is 10.7. The van der Waals surface area contributed by atoms with Crippen LogP contribution in [-0.4, -0.2) is 53.7 Å². The number of fused-ring (bicyclic) bond motifs is 1. The van der Waals surface area contributed by atoms with Crippen LogP contribution in [0.2, 0.25) is 5.02 Å². The molecule has 1 atom stereocenters. The van der Waals surface area contributed by atoms with Gasteiger partial charge in [0.2, 0.25) is 5.91 Å². The van der Waals surface area contributed by atoms with Crippen molar-refractivity contribution in [2.24, 2.45) is 5.92 Å². The molecule has 2 N–H and O–H groups in total. The van der Waals surface area contributed by atoms with Crippen molar-refractivity contribution in [3.63, 3.8) is 0 Å². The van der Waals surface area contributed by atoms with E-state index in [9.17, 15) is 9.59 Å². The smallest absolute Gasteiger partial charge is 0.407 e. The maximum Gasteiger partial charge on any atom is 0.407 e. The van der Waals surface area contributed by atoms with E-state index in [0.717, 1.165) is 42.4 Å². The van der Waals surface area contributed by atoms with Gasteiger partial charge in [0.25, 0.3) is 0 Å². The number of alkyl carbamates (subject to hydrolysis) is 1.